The van der Waals surface area contributed by atoms with E-state index in [0.717, 1.165) is 77.0 Å². The molecule has 0 radical (unpaired) electrons. The molecule has 0 saturated carbocycles. The lowest BCUT2D eigenvalue weighted by molar-refractivity contribution is -0.167. The van der Waals surface area contributed by atoms with Crippen LogP contribution in [0.1, 0.15) is 361 Å². The molecule has 0 heterocycles. The monoisotopic (exact) mass is 1090 g/mol. The molecule has 0 aromatic heterocycles. The molecule has 0 N–H and O–H groups in total. The van der Waals surface area contributed by atoms with Crippen molar-refractivity contribution in [2.75, 3.05) is 13.2 Å². The maximum absolute atomic E-state index is 12.9. The normalized spacial score (nSPS) is 12.4. The first kappa shape index (κ1) is 75.1. The molecule has 0 fully saturated rings. The van der Waals surface area contributed by atoms with E-state index in [-0.39, 0.29) is 31.1 Å². The van der Waals surface area contributed by atoms with Gasteiger partial charge in [0.15, 0.2) is 6.10 Å². The lowest BCUT2D eigenvalue weighted by Crippen LogP contribution is -2.30. The van der Waals surface area contributed by atoms with Crippen LogP contribution in [0.3, 0.4) is 0 Å². The van der Waals surface area contributed by atoms with Gasteiger partial charge in [0, 0.05) is 19.3 Å². The van der Waals surface area contributed by atoms with Crippen molar-refractivity contribution in [3.8, 4) is 0 Å². The quantitative estimate of drug-likeness (QED) is 0.0261. The fourth-order valence-corrected chi connectivity index (χ4v) is 10.0. The lowest BCUT2D eigenvalue weighted by atomic mass is 10.0. The van der Waals surface area contributed by atoms with Gasteiger partial charge in [0.05, 0.1) is 0 Å². The van der Waals surface area contributed by atoms with E-state index in [4.69, 9.17) is 14.2 Å². The standard InChI is InChI=1S/C72H130O6/c1-4-7-10-13-16-19-22-25-28-31-32-33-34-35-36-37-38-39-40-42-44-47-50-53-56-59-62-65-71(74)77-68-69(67-76-70(73)64-61-58-55-52-49-46-43-30-27-24-21-18-15-12-9-6-3)78-72(75)66-63-60-57-54-51-48-45-41-29-26-23-20-17-14-11-8-5-2/h22,25-26,29-32,34-35,43,69H,4-21,23-24,27-28,33,36-42,44-68H2,1-3H3/b25-22-,29-26-,32-31-,35-34-,43-30-. The van der Waals surface area contributed by atoms with Gasteiger partial charge in [0.2, 0.25) is 0 Å². The Morgan fingerprint density at radius 2 is 0.462 bits per heavy atom. The third-order valence-corrected chi connectivity index (χ3v) is 15.2. The van der Waals surface area contributed by atoms with E-state index in [9.17, 15) is 14.4 Å². The summed E-state index contributed by atoms with van der Waals surface area (Å²) >= 11 is 0. The van der Waals surface area contributed by atoms with Crippen LogP contribution in [0.15, 0.2) is 60.8 Å². The molecule has 0 amide bonds. The van der Waals surface area contributed by atoms with Crippen LogP contribution in [-0.4, -0.2) is 37.2 Å². The minimum atomic E-state index is -0.781. The summed E-state index contributed by atoms with van der Waals surface area (Å²) in [4.78, 5) is 38.4. The predicted octanol–water partition coefficient (Wildman–Crippen LogP) is 23.5. The van der Waals surface area contributed by atoms with Crippen molar-refractivity contribution >= 4 is 17.9 Å². The van der Waals surface area contributed by atoms with Crippen LogP contribution in [0.25, 0.3) is 0 Å². The maximum Gasteiger partial charge on any atom is 0.306 e. The molecule has 0 aromatic carbocycles. The third kappa shape index (κ3) is 63.9. The highest BCUT2D eigenvalue weighted by atomic mass is 16.6. The lowest BCUT2D eigenvalue weighted by Gasteiger charge is -2.18. The van der Waals surface area contributed by atoms with Gasteiger partial charge in [0.25, 0.3) is 0 Å². The summed E-state index contributed by atoms with van der Waals surface area (Å²) in [6.07, 6.45) is 85.2. The highest BCUT2D eigenvalue weighted by molar-refractivity contribution is 5.71. The second-order valence-corrected chi connectivity index (χ2v) is 23.1. The van der Waals surface area contributed by atoms with E-state index in [2.05, 4.69) is 81.5 Å². The zero-order chi connectivity index (χ0) is 56.4. The number of rotatable bonds is 63. The van der Waals surface area contributed by atoms with Gasteiger partial charge < -0.3 is 14.2 Å². The van der Waals surface area contributed by atoms with Gasteiger partial charge in [-0.15, -0.1) is 0 Å². The molecule has 0 aliphatic heterocycles. The van der Waals surface area contributed by atoms with Gasteiger partial charge in [-0.2, -0.15) is 0 Å². The van der Waals surface area contributed by atoms with Crippen LogP contribution in [0.4, 0.5) is 0 Å². The van der Waals surface area contributed by atoms with Gasteiger partial charge in [0.1, 0.15) is 13.2 Å². The topological polar surface area (TPSA) is 78.9 Å². The summed E-state index contributed by atoms with van der Waals surface area (Å²) in [6, 6.07) is 0. The van der Waals surface area contributed by atoms with Crippen LogP contribution >= 0.6 is 0 Å². The summed E-state index contributed by atoms with van der Waals surface area (Å²) < 4.78 is 17.0. The number of unbranched alkanes of at least 4 members (excludes halogenated alkanes) is 42. The average molecular weight is 1090 g/mol. The summed E-state index contributed by atoms with van der Waals surface area (Å²) in [5.74, 6) is -0.871. The molecule has 1 unspecified atom stereocenters. The molecule has 0 saturated heterocycles. The van der Waals surface area contributed by atoms with Crippen LogP contribution < -0.4 is 0 Å². The van der Waals surface area contributed by atoms with E-state index < -0.39 is 6.10 Å². The number of hydrogen-bond acceptors (Lipinski definition) is 6. The molecule has 1 atom stereocenters. The SMILES string of the molecule is CCCCCCC/C=C\C/C=C\C/C=C\CCCCCCCCCCCCCCC(=O)OCC(COC(=O)CCCCCCC/C=C\CCCCCCCCC)OC(=O)CCCCCCCCC/C=C\CCCCCCCC. The van der Waals surface area contributed by atoms with Gasteiger partial charge in [-0.25, -0.2) is 0 Å². The van der Waals surface area contributed by atoms with Crippen molar-refractivity contribution in [2.24, 2.45) is 0 Å². The number of carbonyl (C=O) groups excluding carboxylic acids is 3. The number of carbonyl (C=O) groups is 3. The zero-order valence-corrected chi connectivity index (χ0v) is 52.2. The van der Waals surface area contributed by atoms with Crippen LogP contribution in [-0.2, 0) is 28.6 Å². The molecule has 0 spiro atoms. The summed E-state index contributed by atoms with van der Waals surface area (Å²) in [7, 11) is 0. The second kappa shape index (κ2) is 66.6. The summed E-state index contributed by atoms with van der Waals surface area (Å²) in [6.45, 7) is 6.66. The molecule has 0 rings (SSSR count). The fraction of sp³-hybridized carbons (Fsp3) is 0.819. The molecule has 6 heteroatoms. The van der Waals surface area contributed by atoms with Gasteiger partial charge in [-0.3, -0.25) is 14.4 Å². The van der Waals surface area contributed by atoms with E-state index in [0.29, 0.717) is 19.3 Å². The van der Waals surface area contributed by atoms with E-state index in [1.165, 1.54) is 244 Å². The van der Waals surface area contributed by atoms with Crippen LogP contribution in [0.5, 0.6) is 0 Å². The average Bonchev–Trinajstić information content (AvgIpc) is 3.44. The Bertz CT molecular complexity index is 1390. The van der Waals surface area contributed by atoms with E-state index in [1.807, 2.05) is 0 Å². The third-order valence-electron chi connectivity index (χ3n) is 15.2. The Labute approximate surface area is 485 Å². The number of allylic oxidation sites excluding steroid dienone is 10. The molecular formula is C72H130O6. The molecule has 0 aliphatic rings. The van der Waals surface area contributed by atoms with Crippen LogP contribution in [0, 0.1) is 0 Å². The Morgan fingerprint density at radius 1 is 0.256 bits per heavy atom. The van der Waals surface area contributed by atoms with Crippen LogP contribution in [0.2, 0.25) is 0 Å². The maximum atomic E-state index is 12.9. The Balaban J connectivity index is 4.30. The highest BCUT2D eigenvalue weighted by Crippen LogP contribution is 2.17. The van der Waals surface area contributed by atoms with Crippen molar-refractivity contribution in [3.63, 3.8) is 0 Å². The van der Waals surface area contributed by atoms with Crippen molar-refractivity contribution in [1.29, 1.82) is 0 Å². The minimum Gasteiger partial charge on any atom is -0.462 e. The zero-order valence-electron chi connectivity index (χ0n) is 52.2. The summed E-state index contributed by atoms with van der Waals surface area (Å²) in [5, 5.41) is 0. The Hall–Kier alpha value is -2.89. The molecular weight excluding hydrogens is 961 g/mol. The number of hydrogen-bond donors (Lipinski definition) is 0. The predicted molar refractivity (Wildman–Crippen MR) is 339 cm³/mol. The van der Waals surface area contributed by atoms with E-state index >= 15 is 0 Å². The summed E-state index contributed by atoms with van der Waals surface area (Å²) in [5.41, 5.74) is 0. The number of esters is 3. The fourth-order valence-electron chi connectivity index (χ4n) is 10.0. The van der Waals surface area contributed by atoms with Crippen molar-refractivity contribution in [1.82, 2.24) is 0 Å². The largest absolute Gasteiger partial charge is 0.462 e. The first-order chi connectivity index (χ1) is 38.5. The molecule has 0 aromatic rings. The van der Waals surface area contributed by atoms with Crippen molar-refractivity contribution in [2.45, 2.75) is 367 Å². The molecule has 6 nitrogen and oxygen atoms in total. The van der Waals surface area contributed by atoms with Gasteiger partial charge in [-0.05, 0) is 109 Å². The van der Waals surface area contributed by atoms with E-state index in [1.54, 1.807) is 0 Å². The number of ether oxygens (including phenoxy) is 3. The Morgan fingerprint density at radius 3 is 0.731 bits per heavy atom. The van der Waals surface area contributed by atoms with Gasteiger partial charge in [-0.1, -0.05) is 293 Å². The Kier molecular flexibility index (Phi) is 64.2. The second-order valence-electron chi connectivity index (χ2n) is 23.1. The molecule has 0 bridgehead atoms. The smallest absolute Gasteiger partial charge is 0.306 e. The molecule has 454 valence electrons. The first-order valence-corrected chi connectivity index (χ1v) is 34.3. The van der Waals surface area contributed by atoms with Gasteiger partial charge >= 0.3 is 17.9 Å². The van der Waals surface area contributed by atoms with Crippen molar-refractivity contribution in [3.05, 3.63) is 60.8 Å². The van der Waals surface area contributed by atoms with Crippen molar-refractivity contribution < 1.29 is 28.6 Å². The molecule has 0 aliphatic carbocycles. The highest BCUT2D eigenvalue weighted by Gasteiger charge is 2.19. The minimum absolute atomic E-state index is 0.0771. The first-order valence-electron chi connectivity index (χ1n) is 34.3. The molecule has 78 heavy (non-hydrogen) atoms.